The topological polar surface area (TPSA) is 32.3 Å². The third-order valence-electron chi connectivity index (χ3n) is 4.25. The van der Waals surface area contributed by atoms with E-state index in [2.05, 4.69) is 50.4 Å². The second kappa shape index (κ2) is 4.79. The van der Waals surface area contributed by atoms with Crippen molar-refractivity contribution in [1.29, 1.82) is 0 Å². The number of aliphatic hydroxyl groups excluding tert-OH is 1. The van der Waals surface area contributed by atoms with Crippen molar-refractivity contribution in [1.82, 2.24) is 5.32 Å². The second-order valence-electron chi connectivity index (χ2n) is 5.63. The Kier molecular flexibility index (Phi) is 3.55. The maximum atomic E-state index is 9.70. The monoisotopic (exact) mass is 233 g/mol. The van der Waals surface area contributed by atoms with Crippen LogP contribution < -0.4 is 5.32 Å². The van der Waals surface area contributed by atoms with Crippen molar-refractivity contribution in [3.05, 3.63) is 35.4 Å². The van der Waals surface area contributed by atoms with E-state index in [9.17, 15) is 5.11 Å². The quantitative estimate of drug-likeness (QED) is 0.837. The summed E-state index contributed by atoms with van der Waals surface area (Å²) in [4.78, 5) is 0. The molecule has 1 aliphatic rings. The summed E-state index contributed by atoms with van der Waals surface area (Å²) >= 11 is 0. The first-order valence-electron chi connectivity index (χ1n) is 6.54. The van der Waals surface area contributed by atoms with Crippen molar-refractivity contribution in [2.24, 2.45) is 5.41 Å². The van der Waals surface area contributed by atoms with E-state index in [1.807, 2.05) is 0 Å². The van der Waals surface area contributed by atoms with E-state index in [0.717, 1.165) is 19.4 Å². The van der Waals surface area contributed by atoms with Crippen LogP contribution in [0.15, 0.2) is 24.3 Å². The molecule has 1 aromatic carbocycles. The highest BCUT2D eigenvalue weighted by Crippen LogP contribution is 2.40. The highest BCUT2D eigenvalue weighted by atomic mass is 16.3. The Bertz CT molecular complexity index is 386. The van der Waals surface area contributed by atoms with Gasteiger partial charge in [-0.3, -0.25) is 0 Å². The summed E-state index contributed by atoms with van der Waals surface area (Å²) < 4.78 is 0. The van der Waals surface area contributed by atoms with E-state index in [1.54, 1.807) is 0 Å². The lowest BCUT2D eigenvalue weighted by Gasteiger charge is -2.49. The molecule has 1 saturated carbocycles. The van der Waals surface area contributed by atoms with Gasteiger partial charge in [0.2, 0.25) is 0 Å². The number of benzene rings is 1. The Balaban J connectivity index is 1.95. The number of hydrogen-bond donors (Lipinski definition) is 2. The minimum absolute atomic E-state index is 0.0150. The van der Waals surface area contributed by atoms with Crippen molar-refractivity contribution in [2.45, 2.75) is 52.3 Å². The Morgan fingerprint density at radius 3 is 2.47 bits per heavy atom. The molecule has 2 nitrogen and oxygen atoms in total. The molecule has 2 rings (SSSR count). The fraction of sp³-hybridized carbons (Fsp3) is 0.600. The van der Waals surface area contributed by atoms with Gasteiger partial charge in [-0.15, -0.1) is 0 Å². The lowest BCUT2D eigenvalue weighted by molar-refractivity contribution is -0.0730. The fourth-order valence-corrected chi connectivity index (χ4v) is 2.56. The standard InChI is InChI=1S/C15H23NO/c1-4-11-7-5-6-8-12(11)10-16-13-9-14(17)15(13,2)3/h5-8,13-14,16-17H,4,9-10H2,1-3H3. The second-order valence-corrected chi connectivity index (χ2v) is 5.63. The summed E-state index contributed by atoms with van der Waals surface area (Å²) in [7, 11) is 0. The van der Waals surface area contributed by atoms with Gasteiger partial charge in [0.15, 0.2) is 0 Å². The molecule has 2 heteroatoms. The van der Waals surface area contributed by atoms with Gasteiger partial charge >= 0.3 is 0 Å². The van der Waals surface area contributed by atoms with Gasteiger partial charge in [0.25, 0.3) is 0 Å². The molecule has 0 heterocycles. The third kappa shape index (κ3) is 2.38. The van der Waals surface area contributed by atoms with Crippen LogP contribution in [0, 0.1) is 5.41 Å². The Morgan fingerprint density at radius 1 is 1.29 bits per heavy atom. The maximum absolute atomic E-state index is 9.70. The van der Waals surface area contributed by atoms with E-state index in [0.29, 0.717) is 6.04 Å². The zero-order valence-electron chi connectivity index (χ0n) is 11.0. The molecule has 2 N–H and O–H groups in total. The molecule has 0 amide bonds. The number of nitrogens with one attached hydrogen (secondary N) is 1. The molecule has 94 valence electrons. The lowest BCUT2D eigenvalue weighted by atomic mass is 9.64. The van der Waals surface area contributed by atoms with Crippen LogP contribution in [0.1, 0.15) is 38.3 Å². The Labute approximate surface area is 104 Å². The molecule has 2 atom stereocenters. The van der Waals surface area contributed by atoms with Crippen LogP contribution >= 0.6 is 0 Å². The van der Waals surface area contributed by atoms with Crippen LogP contribution in [0.4, 0.5) is 0 Å². The predicted octanol–water partition coefficient (Wildman–Crippen LogP) is 2.50. The zero-order chi connectivity index (χ0) is 12.5. The number of hydrogen-bond acceptors (Lipinski definition) is 2. The van der Waals surface area contributed by atoms with Crippen LogP contribution in [-0.2, 0) is 13.0 Å². The fourth-order valence-electron chi connectivity index (χ4n) is 2.56. The first kappa shape index (κ1) is 12.6. The van der Waals surface area contributed by atoms with Crippen molar-refractivity contribution < 1.29 is 5.11 Å². The zero-order valence-corrected chi connectivity index (χ0v) is 11.0. The number of aliphatic hydroxyl groups is 1. The summed E-state index contributed by atoms with van der Waals surface area (Å²) in [6, 6.07) is 9.00. The van der Waals surface area contributed by atoms with E-state index in [1.165, 1.54) is 11.1 Å². The molecule has 1 fully saturated rings. The molecule has 0 bridgehead atoms. The minimum atomic E-state index is -0.151. The molecule has 1 aromatic rings. The molecule has 17 heavy (non-hydrogen) atoms. The summed E-state index contributed by atoms with van der Waals surface area (Å²) in [5.74, 6) is 0. The van der Waals surface area contributed by atoms with E-state index >= 15 is 0 Å². The molecule has 0 saturated heterocycles. The Hall–Kier alpha value is -0.860. The van der Waals surface area contributed by atoms with Gasteiger partial charge in [0, 0.05) is 18.0 Å². The lowest BCUT2D eigenvalue weighted by Crippen LogP contribution is -2.59. The maximum Gasteiger partial charge on any atom is 0.0621 e. The first-order chi connectivity index (χ1) is 8.05. The van der Waals surface area contributed by atoms with Crippen LogP contribution in [0.2, 0.25) is 0 Å². The summed E-state index contributed by atoms with van der Waals surface area (Å²) in [6.45, 7) is 7.36. The highest BCUT2D eigenvalue weighted by molar-refractivity contribution is 5.27. The smallest absolute Gasteiger partial charge is 0.0621 e. The van der Waals surface area contributed by atoms with E-state index in [-0.39, 0.29) is 11.5 Å². The molecule has 0 aliphatic heterocycles. The number of aryl methyl sites for hydroxylation is 1. The van der Waals surface area contributed by atoms with Gasteiger partial charge in [-0.05, 0) is 24.0 Å². The highest BCUT2D eigenvalue weighted by Gasteiger charge is 2.46. The van der Waals surface area contributed by atoms with Gasteiger partial charge in [-0.1, -0.05) is 45.0 Å². The van der Waals surface area contributed by atoms with E-state index in [4.69, 9.17) is 0 Å². The van der Waals surface area contributed by atoms with Crippen molar-refractivity contribution in [3.63, 3.8) is 0 Å². The van der Waals surface area contributed by atoms with Crippen molar-refractivity contribution >= 4 is 0 Å². The molecular formula is C15H23NO. The van der Waals surface area contributed by atoms with Crippen molar-refractivity contribution in [2.75, 3.05) is 0 Å². The number of rotatable bonds is 4. The largest absolute Gasteiger partial charge is 0.392 e. The van der Waals surface area contributed by atoms with Crippen LogP contribution in [-0.4, -0.2) is 17.3 Å². The average Bonchev–Trinajstić information content (AvgIpc) is 2.34. The normalized spacial score (nSPS) is 26.6. The molecule has 1 aliphatic carbocycles. The van der Waals surface area contributed by atoms with E-state index < -0.39 is 0 Å². The van der Waals surface area contributed by atoms with Crippen LogP contribution in [0.3, 0.4) is 0 Å². The molecule has 0 spiro atoms. The molecule has 0 aromatic heterocycles. The molecular weight excluding hydrogens is 210 g/mol. The molecule has 2 unspecified atom stereocenters. The van der Waals surface area contributed by atoms with Gasteiger partial charge in [0.1, 0.15) is 0 Å². The van der Waals surface area contributed by atoms with Gasteiger partial charge in [-0.2, -0.15) is 0 Å². The minimum Gasteiger partial charge on any atom is -0.392 e. The predicted molar refractivity (Wildman–Crippen MR) is 70.9 cm³/mol. The van der Waals surface area contributed by atoms with Gasteiger partial charge in [-0.25, -0.2) is 0 Å². The van der Waals surface area contributed by atoms with Crippen molar-refractivity contribution in [3.8, 4) is 0 Å². The van der Waals surface area contributed by atoms with Gasteiger partial charge < -0.3 is 10.4 Å². The van der Waals surface area contributed by atoms with Gasteiger partial charge in [0.05, 0.1) is 6.10 Å². The summed E-state index contributed by atoms with van der Waals surface area (Å²) in [6.07, 6.45) is 1.80. The first-order valence-corrected chi connectivity index (χ1v) is 6.54. The SMILES string of the molecule is CCc1ccccc1CNC1CC(O)C1(C)C. The Morgan fingerprint density at radius 2 is 1.94 bits per heavy atom. The summed E-state index contributed by atoms with van der Waals surface area (Å²) in [5.41, 5.74) is 2.81. The third-order valence-corrected chi connectivity index (χ3v) is 4.25. The summed E-state index contributed by atoms with van der Waals surface area (Å²) in [5, 5.41) is 13.3. The van der Waals surface area contributed by atoms with Crippen LogP contribution in [0.25, 0.3) is 0 Å². The van der Waals surface area contributed by atoms with Crippen LogP contribution in [0.5, 0.6) is 0 Å². The molecule has 0 radical (unpaired) electrons. The average molecular weight is 233 g/mol.